The highest BCUT2D eigenvalue weighted by Crippen LogP contribution is 2.14. The number of hydrogen-bond acceptors (Lipinski definition) is 2. The van der Waals surface area contributed by atoms with Crippen molar-refractivity contribution in [2.75, 3.05) is 0 Å². The standard InChI is InChI=1S/C15H16FNO/c1-11(13-4-6-14(16)7-5-13)17-10-12-2-8-15(18)9-3-12/h2-9,11,17-18H,10H2,1H3. The average molecular weight is 245 g/mol. The molecule has 0 heterocycles. The van der Waals surface area contributed by atoms with E-state index in [1.165, 1.54) is 12.1 Å². The second-order valence-corrected chi connectivity index (χ2v) is 4.32. The minimum Gasteiger partial charge on any atom is -0.508 e. The molecule has 3 heteroatoms. The first-order chi connectivity index (χ1) is 8.65. The molecular formula is C15H16FNO. The lowest BCUT2D eigenvalue weighted by molar-refractivity contribution is 0.474. The van der Waals surface area contributed by atoms with Crippen LogP contribution in [0, 0.1) is 5.82 Å². The second kappa shape index (κ2) is 5.65. The van der Waals surface area contributed by atoms with Crippen molar-refractivity contribution in [3.05, 3.63) is 65.5 Å². The van der Waals surface area contributed by atoms with Gasteiger partial charge in [0.2, 0.25) is 0 Å². The zero-order valence-corrected chi connectivity index (χ0v) is 10.2. The van der Waals surface area contributed by atoms with Gasteiger partial charge in [-0.05, 0) is 42.3 Å². The minimum absolute atomic E-state index is 0.152. The van der Waals surface area contributed by atoms with Gasteiger partial charge in [-0.1, -0.05) is 24.3 Å². The highest BCUT2D eigenvalue weighted by molar-refractivity contribution is 5.26. The van der Waals surface area contributed by atoms with Crippen LogP contribution in [-0.4, -0.2) is 5.11 Å². The zero-order valence-electron chi connectivity index (χ0n) is 10.2. The Labute approximate surface area is 106 Å². The van der Waals surface area contributed by atoms with Crippen molar-refractivity contribution in [1.82, 2.24) is 5.32 Å². The van der Waals surface area contributed by atoms with Crippen molar-refractivity contribution in [2.24, 2.45) is 0 Å². The molecule has 2 aromatic carbocycles. The zero-order chi connectivity index (χ0) is 13.0. The van der Waals surface area contributed by atoms with Crippen LogP contribution in [0.4, 0.5) is 4.39 Å². The molecule has 0 amide bonds. The van der Waals surface area contributed by atoms with E-state index in [2.05, 4.69) is 5.32 Å². The van der Waals surface area contributed by atoms with E-state index in [-0.39, 0.29) is 17.6 Å². The third kappa shape index (κ3) is 3.31. The third-order valence-electron chi connectivity index (χ3n) is 2.92. The summed E-state index contributed by atoms with van der Waals surface area (Å²) in [5.74, 6) is 0.0508. The maximum Gasteiger partial charge on any atom is 0.123 e. The molecule has 94 valence electrons. The third-order valence-corrected chi connectivity index (χ3v) is 2.92. The van der Waals surface area contributed by atoms with E-state index < -0.39 is 0 Å². The van der Waals surface area contributed by atoms with E-state index in [1.54, 1.807) is 24.3 Å². The van der Waals surface area contributed by atoms with E-state index in [0.717, 1.165) is 11.1 Å². The highest BCUT2D eigenvalue weighted by Gasteiger charge is 2.04. The lowest BCUT2D eigenvalue weighted by atomic mass is 10.1. The number of rotatable bonds is 4. The Morgan fingerprint density at radius 1 is 1.06 bits per heavy atom. The van der Waals surface area contributed by atoms with E-state index in [9.17, 15) is 9.50 Å². The molecule has 2 N–H and O–H groups in total. The van der Waals surface area contributed by atoms with Gasteiger partial charge >= 0.3 is 0 Å². The SMILES string of the molecule is CC(NCc1ccc(O)cc1)c1ccc(F)cc1. The molecule has 0 saturated heterocycles. The van der Waals surface area contributed by atoms with Crippen molar-refractivity contribution >= 4 is 0 Å². The molecule has 0 aliphatic carbocycles. The summed E-state index contributed by atoms with van der Waals surface area (Å²) in [6, 6.07) is 13.7. The summed E-state index contributed by atoms with van der Waals surface area (Å²) in [6.45, 7) is 2.74. The molecule has 2 aromatic rings. The van der Waals surface area contributed by atoms with E-state index in [4.69, 9.17) is 0 Å². The van der Waals surface area contributed by atoms with Crippen molar-refractivity contribution in [2.45, 2.75) is 19.5 Å². The van der Waals surface area contributed by atoms with Crippen LogP contribution in [0.25, 0.3) is 0 Å². The molecule has 0 radical (unpaired) electrons. The fraction of sp³-hybridized carbons (Fsp3) is 0.200. The molecule has 0 aliphatic heterocycles. The second-order valence-electron chi connectivity index (χ2n) is 4.32. The molecule has 0 spiro atoms. The van der Waals surface area contributed by atoms with Gasteiger partial charge in [0.25, 0.3) is 0 Å². The van der Waals surface area contributed by atoms with Crippen LogP contribution in [-0.2, 0) is 6.54 Å². The van der Waals surface area contributed by atoms with Crippen LogP contribution in [0.5, 0.6) is 5.75 Å². The molecule has 1 unspecified atom stereocenters. The molecule has 0 bridgehead atoms. The predicted molar refractivity (Wildman–Crippen MR) is 69.8 cm³/mol. The molecule has 1 atom stereocenters. The van der Waals surface area contributed by atoms with Gasteiger partial charge in [0.05, 0.1) is 0 Å². The number of hydrogen-bond donors (Lipinski definition) is 2. The Hall–Kier alpha value is -1.87. The van der Waals surface area contributed by atoms with Crippen molar-refractivity contribution in [3.8, 4) is 5.75 Å². The summed E-state index contributed by atoms with van der Waals surface area (Å²) < 4.78 is 12.8. The number of phenols is 1. The number of nitrogens with one attached hydrogen (secondary N) is 1. The van der Waals surface area contributed by atoms with Crippen LogP contribution in [0.1, 0.15) is 24.1 Å². The van der Waals surface area contributed by atoms with Crippen LogP contribution >= 0.6 is 0 Å². The van der Waals surface area contributed by atoms with Gasteiger partial charge in [-0.15, -0.1) is 0 Å². The Kier molecular flexibility index (Phi) is 3.95. The average Bonchev–Trinajstić information content (AvgIpc) is 2.38. The largest absolute Gasteiger partial charge is 0.508 e. The fourth-order valence-electron chi connectivity index (χ4n) is 1.75. The lowest BCUT2D eigenvalue weighted by Crippen LogP contribution is -2.17. The molecule has 0 saturated carbocycles. The summed E-state index contributed by atoms with van der Waals surface area (Å²) in [5, 5.41) is 12.5. The smallest absolute Gasteiger partial charge is 0.123 e. The number of phenolic OH excluding ortho intramolecular Hbond substituents is 1. The Bertz CT molecular complexity index is 493. The Balaban J connectivity index is 1.93. The molecule has 0 aliphatic rings. The lowest BCUT2D eigenvalue weighted by Gasteiger charge is -2.14. The minimum atomic E-state index is -0.218. The fourth-order valence-corrected chi connectivity index (χ4v) is 1.75. The van der Waals surface area contributed by atoms with Crippen molar-refractivity contribution in [1.29, 1.82) is 0 Å². The summed E-state index contributed by atoms with van der Waals surface area (Å²) in [6.07, 6.45) is 0. The van der Waals surface area contributed by atoms with Crippen LogP contribution < -0.4 is 5.32 Å². The van der Waals surface area contributed by atoms with Crippen molar-refractivity contribution in [3.63, 3.8) is 0 Å². The monoisotopic (exact) mass is 245 g/mol. The maximum atomic E-state index is 12.8. The quantitative estimate of drug-likeness (QED) is 0.865. The molecule has 2 nitrogen and oxygen atoms in total. The molecule has 0 aromatic heterocycles. The first-order valence-electron chi connectivity index (χ1n) is 5.92. The number of benzene rings is 2. The summed E-state index contributed by atoms with van der Waals surface area (Å²) in [7, 11) is 0. The van der Waals surface area contributed by atoms with Gasteiger partial charge in [-0.3, -0.25) is 0 Å². The number of halogens is 1. The molecule has 0 fully saturated rings. The van der Waals surface area contributed by atoms with Gasteiger partial charge in [-0.2, -0.15) is 0 Å². The van der Waals surface area contributed by atoms with Gasteiger partial charge < -0.3 is 10.4 Å². The summed E-state index contributed by atoms with van der Waals surface area (Å²) in [4.78, 5) is 0. The number of aromatic hydroxyl groups is 1. The first kappa shape index (κ1) is 12.6. The molecule has 18 heavy (non-hydrogen) atoms. The van der Waals surface area contributed by atoms with Crippen molar-refractivity contribution < 1.29 is 9.50 Å². The van der Waals surface area contributed by atoms with Crippen LogP contribution in [0.2, 0.25) is 0 Å². The summed E-state index contributed by atoms with van der Waals surface area (Å²) in [5.41, 5.74) is 2.15. The van der Waals surface area contributed by atoms with Crippen LogP contribution in [0.15, 0.2) is 48.5 Å². The van der Waals surface area contributed by atoms with Crippen LogP contribution in [0.3, 0.4) is 0 Å². The van der Waals surface area contributed by atoms with Gasteiger partial charge in [0.1, 0.15) is 11.6 Å². The van der Waals surface area contributed by atoms with Gasteiger partial charge in [-0.25, -0.2) is 4.39 Å². The predicted octanol–water partition coefficient (Wildman–Crippen LogP) is 3.38. The highest BCUT2D eigenvalue weighted by atomic mass is 19.1. The summed E-state index contributed by atoms with van der Waals surface area (Å²) >= 11 is 0. The van der Waals surface area contributed by atoms with E-state index >= 15 is 0 Å². The van der Waals surface area contributed by atoms with Gasteiger partial charge in [0, 0.05) is 12.6 Å². The normalized spacial score (nSPS) is 12.3. The Morgan fingerprint density at radius 2 is 1.67 bits per heavy atom. The van der Waals surface area contributed by atoms with E-state index in [1.807, 2.05) is 19.1 Å². The first-order valence-corrected chi connectivity index (χ1v) is 5.92. The van der Waals surface area contributed by atoms with Gasteiger partial charge in [0.15, 0.2) is 0 Å². The maximum absolute atomic E-state index is 12.8. The Morgan fingerprint density at radius 3 is 2.28 bits per heavy atom. The molecular weight excluding hydrogens is 229 g/mol. The topological polar surface area (TPSA) is 32.3 Å². The molecule has 2 rings (SSSR count). The van der Waals surface area contributed by atoms with E-state index in [0.29, 0.717) is 6.54 Å².